The molecule has 1 heterocycles. The first-order valence-corrected chi connectivity index (χ1v) is 6.60. The molecule has 0 spiro atoms. The van der Waals surface area contributed by atoms with Gasteiger partial charge in [-0.25, -0.2) is 4.79 Å². The molecule has 0 radical (unpaired) electrons. The summed E-state index contributed by atoms with van der Waals surface area (Å²) in [4.78, 5) is 29.2. The van der Waals surface area contributed by atoms with Gasteiger partial charge in [0, 0.05) is 39.3 Å². The Hall–Kier alpha value is -1.01. The smallest absolute Gasteiger partial charge is 0.320 e. The summed E-state index contributed by atoms with van der Waals surface area (Å²) in [5.74, 6) is 0.104. The van der Waals surface area contributed by atoms with Crippen LogP contribution in [-0.2, 0) is 4.79 Å². The van der Waals surface area contributed by atoms with Crippen molar-refractivity contribution in [3.8, 4) is 0 Å². The third-order valence-electron chi connectivity index (χ3n) is 3.26. The molecule has 1 N–H and O–H groups in total. The number of rotatable bonds is 4. The van der Waals surface area contributed by atoms with Gasteiger partial charge in [-0.3, -0.25) is 4.79 Å². The van der Waals surface area contributed by atoms with Crippen molar-refractivity contribution in [1.29, 1.82) is 0 Å². The molecule has 6 nitrogen and oxygen atoms in total. The SMILES string of the molecule is CCN(CC)C(=O)N1CCN(C(=O)CNC)CC1.Cl. The van der Waals surface area contributed by atoms with E-state index in [0.29, 0.717) is 32.7 Å². The minimum atomic E-state index is 0. The van der Waals surface area contributed by atoms with Crippen LogP contribution in [-0.4, -0.2) is 79.5 Å². The Labute approximate surface area is 121 Å². The molecule has 0 aliphatic carbocycles. The van der Waals surface area contributed by atoms with E-state index in [1.165, 1.54) is 0 Å². The first kappa shape index (κ1) is 18.0. The van der Waals surface area contributed by atoms with E-state index in [1.807, 2.05) is 28.5 Å². The monoisotopic (exact) mass is 292 g/mol. The van der Waals surface area contributed by atoms with E-state index in [0.717, 1.165) is 13.1 Å². The third-order valence-corrected chi connectivity index (χ3v) is 3.26. The molecule has 1 aliphatic rings. The lowest BCUT2D eigenvalue weighted by Gasteiger charge is -2.37. The number of hydrogen-bond acceptors (Lipinski definition) is 3. The zero-order valence-corrected chi connectivity index (χ0v) is 12.8. The van der Waals surface area contributed by atoms with Crippen LogP contribution in [0.4, 0.5) is 4.79 Å². The van der Waals surface area contributed by atoms with Crippen LogP contribution in [0.5, 0.6) is 0 Å². The quantitative estimate of drug-likeness (QED) is 0.807. The normalized spacial score (nSPS) is 14.9. The maximum absolute atomic E-state index is 12.1. The Morgan fingerprint density at radius 3 is 1.95 bits per heavy atom. The van der Waals surface area contributed by atoms with E-state index in [9.17, 15) is 9.59 Å². The van der Waals surface area contributed by atoms with Crippen LogP contribution in [0.25, 0.3) is 0 Å². The van der Waals surface area contributed by atoms with Crippen molar-refractivity contribution in [3.63, 3.8) is 0 Å². The number of hydrogen-bond donors (Lipinski definition) is 1. The maximum Gasteiger partial charge on any atom is 0.320 e. The first-order chi connectivity index (χ1) is 8.63. The number of nitrogens with one attached hydrogen (secondary N) is 1. The molecule has 112 valence electrons. The van der Waals surface area contributed by atoms with Crippen LogP contribution in [0.3, 0.4) is 0 Å². The van der Waals surface area contributed by atoms with Crippen molar-refractivity contribution in [2.75, 3.05) is 52.9 Å². The molecule has 3 amide bonds. The van der Waals surface area contributed by atoms with Gasteiger partial charge in [0.25, 0.3) is 0 Å². The second-order valence-corrected chi connectivity index (χ2v) is 4.35. The number of carbonyl (C=O) groups is 2. The third kappa shape index (κ3) is 4.87. The lowest BCUT2D eigenvalue weighted by Crippen LogP contribution is -2.55. The average Bonchev–Trinajstić information content (AvgIpc) is 2.40. The predicted octanol–water partition coefficient (Wildman–Crippen LogP) is 0.234. The molecule has 1 fully saturated rings. The van der Waals surface area contributed by atoms with Gasteiger partial charge in [0.15, 0.2) is 0 Å². The fraction of sp³-hybridized carbons (Fsp3) is 0.833. The molecular weight excluding hydrogens is 268 g/mol. The van der Waals surface area contributed by atoms with Gasteiger partial charge >= 0.3 is 6.03 Å². The number of nitrogens with zero attached hydrogens (tertiary/aromatic N) is 3. The van der Waals surface area contributed by atoms with E-state index < -0.39 is 0 Å². The van der Waals surface area contributed by atoms with Gasteiger partial charge in [0.2, 0.25) is 5.91 Å². The van der Waals surface area contributed by atoms with Crippen LogP contribution in [0, 0.1) is 0 Å². The summed E-state index contributed by atoms with van der Waals surface area (Å²) >= 11 is 0. The predicted molar refractivity (Wildman–Crippen MR) is 77.6 cm³/mol. The van der Waals surface area contributed by atoms with Gasteiger partial charge in [-0.1, -0.05) is 0 Å². The van der Waals surface area contributed by atoms with E-state index in [1.54, 1.807) is 7.05 Å². The number of amides is 3. The molecule has 0 atom stereocenters. The Bertz CT molecular complexity index is 289. The summed E-state index contributed by atoms with van der Waals surface area (Å²) in [5, 5.41) is 2.86. The van der Waals surface area contributed by atoms with Crippen molar-refractivity contribution in [2.24, 2.45) is 0 Å². The zero-order chi connectivity index (χ0) is 13.5. The molecule has 0 saturated carbocycles. The maximum atomic E-state index is 12.1. The number of likely N-dealkylation sites (N-methyl/N-ethyl adjacent to an activating group) is 1. The number of halogens is 1. The minimum absolute atomic E-state index is 0. The van der Waals surface area contributed by atoms with Gasteiger partial charge in [-0.2, -0.15) is 0 Å². The highest BCUT2D eigenvalue weighted by molar-refractivity contribution is 5.85. The lowest BCUT2D eigenvalue weighted by molar-refractivity contribution is -0.131. The molecule has 19 heavy (non-hydrogen) atoms. The Balaban J connectivity index is 0.00000324. The highest BCUT2D eigenvalue weighted by Gasteiger charge is 2.25. The van der Waals surface area contributed by atoms with Gasteiger partial charge < -0.3 is 20.0 Å². The van der Waals surface area contributed by atoms with Gasteiger partial charge in [-0.05, 0) is 20.9 Å². The summed E-state index contributed by atoms with van der Waals surface area (Å²) in [6, 6.07) is 0.0840. The van der Waals surface area contributed by atoms with Gasteiger partial charge in [0.1, 0.15) is 0 Å². The number of piperazine rings is 1. The van der Waals surface area contributed by atoms with Crippen LogP contribution in [0.15, 0.2) is 0 Å². The molecule has 0 aromatic heterocycles. The first-order valence-electron chi connectivity index (χ1n) is 6.60. The highest BCUT2D eigenvalue weighted by atomic mass is 35.5. The van der Waals surface area contributed by atoms with Crippen molar-refractivity contribution < 1.29 is 9.59 Å². The Morgan fingerprint density at radius 2 is 1.53 bits per heavy atom. The Kier molecular flexibility index (Phi) is 8.51. The summed E-state index contributed by atoms with van der Waals surface area (Å²) in [7, 11) is 1.76. The van der Waals surface area contributed by atoms with Crippen LogP contribution < -0.4 is 5.32 Å². The fourth-order valence-electron chi connectivity index (χ4n) is 2.10. The molecule has 0 aromatic rings. The van der Waals surface area contributed by atoms with Crippen molar-refractivity contribution in [1.82, 2.24) is 20.0 Å². The van der Waals surface area contributed by atoms with Crippen LogP contribution >= 0.6 is 12.4 Å². The second-order valence-electron chi connectivity index (χ2n) is 4.35. The molecule has 1 aliphatic heterocycles. The van der Waals surface area contributed by atoms with E-state index in [2.05, 4.69) is 5.32 Å². The topological polar surface area (TPSA) is 55.9 Å². The van der Waals surface area contributed by atoms with Gasteiger partial charge in [0.05, 0.1) is 6.54 Å². The van der Waals surface area contributed by atoms with E-state index in [-0.39, 0.29) is 24.3 Å². The summed E-state index contributed by atoms with van der Waals surface area (Å²) in [6.45, 7) is 8.31. The number of urea groups is 1. The fourth-order valence-corrected chi connectivity index (χ4v) is 2.10. The average molecular weight is 293 g/mol. The largest absolute Gasteiger partial charge is 0.338 e. The molecule has 0 unspecified atom stereocenters. The highest BCUT2D eigenvalue weighted by Crippen LogP contribution is 2.06. The van der Waals surface area contributed by atoms with E-state index >= 15 is 0 Å². The van der Waals surface area contributed by atoms with Crippen molar-refractivity contribution >= 4 is 24.3 Å². The molecule has 1 saturated heterocycles. The lowest BCUT2D eigenvalue weighted by atomic mass is 10.3. The number of carbonyl (C=O) groups excluding carboxylic acids is 2. The zero-order valence-electron chi connectivity index (χ0n) is 12.0. The summed E-state index contributed by atoms with van der Waals surface area (Å²) < 4.78 is 0. The molecule has 1 rings (SSSR count). The molecule has 0 aromatic carbocycles. The minimum Gasteiger partial charge on any atom is -0.338 e. The van der Waals surface area contributed by atoms with Crippen LogP contribution in [0.1, 0.15) is 13.8 Å². The van der Waals surface area contributed by atoms with Crippen molar-refractivity contribution in [2.45, 2.75) is 13.8 Å². The van der Waals surface area contributed by atoms with E-state index in [4.69, 9.17) is 0 Å². The van der Waals surface area contributed by atoms with Crippen molar-refractivity contribution in [3.05, 3.63) is 0 Å². The standard InChI is InChI=1S/C12H24N4O2.ClH/c1-4-14(5-2)12(18)16-8-6-15(7-9-16)11(17)10-13-3;/h13H,4-10H2,1-3H3;1H. The second kappa shape index (κ2) is 8.98. The molecule has 7 heteroatoms. The molecular formula is C12H25ClN4O2. The molecule has 0 bridgehead atoms. The summed E-state index contributed by atoms with van der Waals surface area (Å²) in [5.41, 5.74) is 0. The van der Waals surface area contributed by atoms with Crippen LogP contribution in [0.2, 0.25) is 0 Å². The van der Waals surface area contributed by atoms with Gasteiger partial charge in [-0.15, -0.1) is 12.4 Å². The Morgan fingerprint density at radius 1 is 1.05 bits per heavy atom. The summed E-state index contributed by atoms with van der Waals surface area (Å²) in [6.07, 6.45) is 0.